The van der Waals surface area contributed by atoms with Crippen LogP contribution < -0.4 is 10.6 Å². The summed E-state index contributed by atoms with van der Waals surface area (Å²) in [6.07, 6.45) is 2.35. The molecule has 3 N–H and O–H groups in total. The van der Waals surface area contributed by atoms with Gasteiger partial charge in [0.2, 0.25) is 0 Å². The van der Waals surface area contributed by atoms with Crippen LogP contribution in [0.2, 0.25) is 0 Å². The SMILES string of the molecule is CC1(C(=N)N)CCN(c2ncc(F)cc2F)CC1. The Labute approximate surface area is 104 Å². The Balaban J connectivity index is 2.12. The van der Waals surface area contributed by atoms with Crippen molar-refractivity contribution in [2.75, 3.05) is 18.0 Å². The zero-order valence-corrected chi connectivity index (χ0v) is 10.2. The minimum Gasteiger partial charge on any atom is -0.387 e. The third kappa shape index (κ3) is 2.27. The predicted molar refractivity (Wildman–Crippen MR) is 65.6 cm³/mol. The van der Waals surface area contributed by atoms with Crippen LogP contribution in [0.15, 0.2) is 12.3 Å². The Hall–Kier alpha value is -1.72. The number of halogens is 2. The van der Waals surface area contributed by atoms with Crippen molar-refractivity contribution in [1.29, 1.82) is 5.41 Å². The highest BCUT2D eigenvalue weighted by Gasteiger charge is 2.33. The van der Waals surface area contributed by atoms with E-state index in [1.165, 1.54) is 0 Å². The van der Waals surface area contributed by atoms with Gasteiger partial charge in [-0.2, -0.15) is 0 Å². The van der Waals surface area contributed by atoms with Gasteiger partial charge in [0, 0.05) is 24.6 Å². The first-order valence-electron chi connectivity index (χ1n) is 5.83. The van der Waals surface area contributed by atoms with E-state index < -0.39 is 11.6 Å². The summed E-state index contributed by atoms with van der Waals surface area (Å²) in [5.74, 6) is -1.00. The van der Waals surface area contributed by atoms with E-state index >= 15 is 0 Å². The van der Waals surface area contributed by atoms with Gasteiger partial charge in [0.15, 0.2) is 11.6 Å². The van der Waals surface area contributed by atoms with E-state index in [4.69, 9.17) is 11.1 Å². The number of hydrogen-bond donors (Lipinski definition) is 2. The smallest absolute Gasteiger partial charge is 0.168 e. The van der Waals surface area contributed by atoms with E-state index in [9.17, 15) is 8.78 Å². The molecule has 0 saturated carbocycles. The van der Waals surface area contributed by atoms with Gasteiger partial charge in [0.25, 0.3) is 0 Å². The predicted octanol–water partition coefficient (Wildman–Crippen LogP) is 1.90. The van der Waals surface area contributed by atoms with Crippen LogP contribution in [-0.4, -0.2) is 23.9 Å². The number of nitrogens with one attached hydrogen (secondary N) is 1. The molecule has 1 fully saturated rings. The maximum Gasteiger partial charge on any atom is 0.168 e. The molecule has 0 aromatic carbocycles. The van der Waals surface area contributed by atoms with E-state index in [-0.39, 0.29) is 17.1 Å². The normalized spacial score (nSPS) is 18.7. The third-order valence-electron chi connectivity index (χ3n) is 3.61. The summed E-state index contributed by atoms with van der Waals surface area (Å²) >= 11 is 0. The summed E-state index contributed by atoms with van der Waals surface area (Å²) in [7, 11) is 0. The standard InChI is InChI=1S/C12H16F2N4/c1-12(11(15)16)2-4-18(5-3-12)10-9(14)6-8(13)7-17-10/h6-7H,2-5H2,1H3,(H3,15,16). The largest absolute Gasteiger partial charge is 0.387 e. The zero-order chi connectivity index (χ0) is 13.3. The summed E-state index contributed by atoms with van der Waals surface area (Å²) in [4.78, 5) is 5.55. The molecule has 0 spiro atoms. The monoisotopic (exact) mass is 254 g/mol. The molecular weight excluding hydrogens is 238 g/mol. The van der Waals surface area contributed by atoms with Gasteiger partial charge < -0.3 is 10.6 Å². The molecule has 0 aliphatic carbocycles. The fourth-order valence-corrected chi connectivity index (χ4v) is 2.12. The van der Waals surface area contributed by atoms with Crippen molar-refractivity contribution in [1.82, 2.24) is 4.98 Å². The number of rotatable bonds is 2. The highest BCUT2D eigenvalue weighted by molar-refractivity contribution is 5.83. The molecule has 0 bridgehead atoms. The molecule has 1 aromatic rings. The molecule has 0 unspecified atom stereocenters. The topological polar surface area (TPSA) is 66.0 Å². The molecule has 6 heteroatoms. The summed E-state index contributed by atoms with van der Waals surface area (Å²) < 4.78 is 26.4. The number of anilines is 1. The molecule has 1 aromatic heterocycles. The van der Waals surface area contributed by atoms with E-state index in [0.29, 0.717) is 25.9 Å². The van der Waals surface area contributed by atoms with Crippen molar-refractivity contribution >= 4 is 11.7 Å². The number of nitrogens with zero attached hydrogens (tertiary/aromatic N) is 2. The zero-order valence-electron chi connectivity index (χ0n) is 10.2. The lowest BCUT2D eigenvalue weighted by Gasteiger charge is -2.39. The highest BCUT2D eigenvalue weighted by Crippen LogP contribution is 2.32. The molecule has 98 valence electrons. The second-order valence-electron chi connectivity index (χ2n) is 4.92. The Morgan fingerprint density at radius 3 is 2.56 bits per heavy atom. The van der Waals surface area contributed by atoms with Crippen molar-refractivity contribution in [2.24, 2.45) is 11.1 Å². The van der Waals surface area contributed by atoms with Gasteiger partial charge in [0.05, 0.1) is 12.0 Å². The van der Waals surface area contributed by atoms with Crippen LogP contribution in [0.3, 0.4) is 0 Å². The second kappa shape index (κ2) is 4.51. The average Bonchev–Trinajstić information content (AvgIpc) is 2.31. The summed E-state index contributed by atoms with van der Waals surface area (Å²) in [6, 6.07) is 0.834. The lowest BCUT2D eigenvalue weighted by molar-refractivity contribution is 0.347. The van der Waals surface area contributed by atoms with Crippen LogP contribution in [0, 0.1) is 22.5 Å². The lowest BCUT2D eigenvalue weighted by atomic mass is 9.79. The molecule has 2 heterocycles. The molecule has 1 aliphatic heterocycles. The van der Waals surface area contributed by atoms with Crippen molar-refractivity contribution in [3.05, 3.63) is 23.9 Å². The fourth-order valence-electron chi connectivity index (χ4n) is 2.12. The number of pyridine rings is 1. The number of amidine groups is 1. The molecule has 0 amide bonds. The van der Waals surface area contributed by atoms with E-state index in [0.717, 1.165) is 12.3 Å². The fraction of sp³-hybridized carbons (Fsp3) is 0.500. The Morgan fingerprint density at radius 1 is 1.44 bits per heavy atom. The number of hydrogen-bond acceptors (Lipinski definition) is 3. The van der Waals surface area contributed by atoms with Gasteiger partial charge in [-0.3, -0.25) is 5.41 Å². The molecule has 4 nitrogen and oxygen atoms in total. The van der Waals surface area contributed by atoms with E-state index in [1.807, 2.05) is 6.92 Å². The van der Waals surface area contributed by atoms with Crippen molar-refractivity contribution in [2.45, 2.75) is 19.8 Å². The molecule has 1 saturated heterocycles. The van der Waals surface area contributed by atoms with Gasteiger partial charge >= 0.3 is 0 Å². The molecule has 18 heavy (non-hydrogen) atoms. The molecule has 0 atom stereocenters. The van der Waals surface area contributed by atoms with Crippen LogP contribution in [0.4, 0.5) is 14.6 Å². The first-order valence-corrected chi connectivity index (χ1v) is 5.83. The quantitative estimate of drug-likeness (QED) is 0.625. The molecule has 2 rings (SSSR count). The first kappa shape index (κ1) is 12.7. The Morgan fingerprint density at radius 2 is 2.06 bits per heavy atom. The summed E-state index contributed by atoms with van der Waals surface area (Å²) in [5.41, 5.74) is 5.23. The number of piperidine rings is 1. The van der Waals surface area contributed by atoms with Gasteiger partial charge in [-0.1, -0.05) is 6.92 Å². The van der Waals surface area contributed by atoms with Crippen LogP contribution >= 0.6 is 0 Å². The molecular formula is C12H16F2N4. The van der Waals surface area contributed by atoms with Crippen molar-refractivity contribution in [3.8, 4) is 0 Å². The van der Waals surface area contributed by atoms with E-state index in [1.54, 1.807) is 4.90 Å². The minimum absolute atomic E-state index is 0.162. The Bertz CT molecular complexity index is 467. The van der Waals surface area contributed by atoms with Crippen LogP contribution in [0.5, 0.6) is 0 Å². The lowest BCUT2D eigenvalue weighted by Crippen LogP contribution is -2.45. The number of nitrogens with two attached hydrogens (primary N) is 1. The number of aromatic nitrogens is 1. The average molecular weight is 254 g/mol. The second-order valence-corrected chi connectivity index (χ2v) is 4.92. The molecule has 1 aliphatic rings. The first-order chi connectivity index (χ1) is 8.42. The minimum atomic E-state index is -0.679. The molecule has 0 radical (unpaired) electrons. The van der Waals surface area contributed by atoms with Crippen molar-refractivity contribution in [3.63, 3.8) is 0 Å². The Kier molecular flexibility index (Phi) is 3.19. The van der Waals surface area contributed by atoms with Crippen LogP contribution in [0.1, 0.15) is 19.8 Å². The van der Waals surface area contributed by atoms with Gasteiger partial charge in [-0.15, -0.1) is 0 Å². The summed E-state index contributed by atoms with van der Waals surface area (Å²) in [5, 5.41) is 7.55. The van der Waals surface area contributed by atoms with Gasteiger partial charge in [0.1, 0.15) is 5.82 Å². The van der Waals surface area contributed by atoms with Crippen molar-refractivity contribution < 1.29 is 8.78 Å². The third-order valence-corrected chi connectivity index (χ3v) is 3.61. The summed E-state index contributed by atoms with van der Waals surface area (Å²) in [6.45, 7) is 3.05. The van der Waals surface area contributed by atoms with Crippen LogP contribution in [-0.2, 0) is 0 Å². The maximum atomic E-state index is 13.6. The van der Waals surface area contributed by atoms with E-state index in [2.05, 4.69) is 4.98 Å². The van der Waals surface area contributed by atoms with Gasteiger partial charge in [-0.05, 0) is 12.8 Å². The highest BCUT2D eigenvalue weighted by atomic mass is 19.1. The van der Waals surface area contributed by atoms with Crippen LogP contribution in [0.25, 0.3) is 0 Å². The van der Waals surface area contributed by atoms with Gasteiger partial charge in [-0.25, -0.2) is 13.8 Å². The maximum absolute atomic E-state index is 13.6.